The van der Waals surface area contributed by atoms with Gasteiger partial charge in [0, 0.05) is 9.13 Å². The number of benzene rings is 1. The van der Waals surface area contributed by atoms with Gasteiger partial charge in [-0.05, 0) is 53.6 Å². The molecule has 0 heterocycles. The maximum Gasteiger partial charge on any atom is 0.252 e. The maximum absolute atomic E-state index is 12.5. The van der Waals surface area contributed by atoms with Crippen LogP contribution in [0.5, 0.6) is 0 Å². The van der Waals surface area contributed by atoms with Crippen LogP contribution in [0, 0.1) is 3.57 Å². The molecule has 3 N–H and O–H groups in total. The lowest BCUT2D eigenvalue weighted by atomic mass is 9.89. The molecule has 114 valence electrons. The predicted octanol–water partition coefficient (Wildman–Crippen LogP) is 4.05. The van der Waals surface area contributed by atoms with Gasteiger partial charge in [0.25, 0.3) is 5.91 Å². The Labute approximate surface area is 149 Å². The third-order valence-corrected chi connectivity index (χ3v) is 5.93. The molecule has 6 heteroatoms. The Hall–Kier alpha value is -0.400. The SMILES string of the molecule is NC(=S)C1(NC(=O)c2ccc(I)c(Cl)c2)CCCCCC1. The van der Waals surface area contributed by atoms with Crippen LogP contribution in [-0.4, -0.2) is 16.4 Å². The maximum atomic E-state index is 12.5. The number of hydrogen-bond acceptors (Lipinski definition) is 2. The smallest absolute Gasteiger partial charge is 0.252 e. The fourth-order valence-electron chi connectivity index (χ4n) is 2.69. The minimum atomic E-state index is -0.557. The van der Waals surface area contributed by atoms with Crippen LogP contribution in [0.1, 0.15) is 48.9 Å². The Balaban J connectivity index is 2.21. The topological polar surface area (TPSA) is 55.1 Å². The van der Waals surface area contributed by atoms with E-state index in [1.54, 1.807) is 12.1 Å². The van der Waals surface area contributed by atoms with Crippen LogP contribution < -0.4 is 11.1 Å². The minimum Gasteiger partial charge on any atom is -0.391 e. The Bertz CT molecular complexity index is 557. The first-order valence-electron chi connectivity index (χ1n) is 7.02. The van der Waals surface area contributed by atoms with Crippen molar-refractivity contribution in [3.05, 3.63) is 32.4 Å². The number of halogens is 2. The highest BCUT2D eigenvalue weighted by Gasteiger charge is 2.35. The van der Waals surface area contributed by atoms with Crippen molar-refractivity contribution in [3.63, 3.8) is 0 Å². The second kappa shape index (κ2) is 7.24. The third-order valence-electron chi connectivity index (χ3n) is 3.96. The highest BCUT2D eigenvalue weighted by atomic mass is 127. The first-order chi connectivity index (χ1) is 9.94. The number of nitrogens with two attached hydrogens (primary N) is 1. The average Bonchev–Trinajstić information content (AvgIpc) is 2.68. The quantitative estimate of drug-likeness (QED) is 0.427. The van der Waals surface area contributed by atoms with Crippen LogP contribution in [-0.2, 0) is 0 Å². The number of nitrogens with one attached hydrogen (secondary N) is 1. The molecule has 0 saturated heterocycles. The summed E-state index contributed by atoms with van der Waals surface area (Å²) >= 11 is 13.5. The fourth-order valence-corrected chi connectivity index (χ4v) is 3.46. The summed E-state index contributed by atoms with van der Waals surface area (Å²) in [5, 5.41) is 3.65. The number of carbonyl (C=O) groups excluding carboxylic acids is 1. The summed E-state index contributed by atoms with van der Waals surface area (Å²) in [5.74, 6) is -0.164. The van der Waals surface area contributed by atoms with Crippen LogP contribution >= 0.6 is 46.4 Å². The Morgan fingerprint density at radius 1 is 1.29 bits per heavy atom. The number of rotatable bonds is 3. The second-order valence-corrected chi connectivity index (χ2v) is 7.45. The molecule has 1 fully saturated rings. The van der Waals surface area contributed by atoms with E-state index in [1.807, 2.05) is 6.07 Å². The van der Waals surface area contributed by atoms with E-state index in [2.05, 4.69) is 27.9 Å². The van der Waals surface area contributed by atoms with E-state index in [-0.39, 0.29) is 5.91 Å². The number of hydrogen-bond donors (Lipinski definition) is 2. The largest absolute Gasteiger partial charge is 0.391 e. The van der Waals surface area contributed by atoms with E-state index >= 15 is 0 Å². The highest BCUT2D eigenvalue weighted by molar-refractivity contribution is 14.1. The normalized spacial score (nSPS) is 17.8. The monoisotopic (exact) mass is 436 g/mol. The van der Waals surface area contributed by atoms with Crippen molar-refractivity contribution >= 4 is 57.3 Å². The van der Waals surface area contributed by atoms with Crippen molar-refractivity contribution in [2.75, 3.05) is 0 Å². The van der Waals surface area contributed by atoms with E-state index in [9.17, 15) is 4.79 Å². The van der Waals surface area contributed by atoms with Gasteiger partial charge in [0.05, 0.1) is 15.6 Å². The van der Waals surface area contributed by atoms with Crippen molar-refractivity contribution in [1.29, 1.82) is 0 Å². The Kier molecular flexibility index (Phi) is 5.85. The summed E-state index contributed by atoms with van der Waals surface area (Å²) in [6, 6.07) is 5.29. The molecule has 0 radical (unpaired) electrons. The van der Waals surface area contributed by atoms with Crippen molar-refractivity contribution in [3.8, 4) is 0 Å². The second-order valence-electron chi connectivity index (χ2n) is 5.44. The van der Waals surface area contributed by atoms with Gasteiger partial charge in [0.1, 0.15) is 0 Å². The molecule has 1 amide bonds. The lowest BCUT2D eigenvalue weighted by molar-refractivity contribution is 0.0917. The molecule has 21 heavy (non-hydrogen) atoms. The number of thiocarbonyl (C=S) groups is 1. The van der Waals surface area contributed by atoms with E-state index in [0.29, 0.717) is 15.6 Å². The molecule has 0 aliphatic heterocycles. The first kappa shape index (κ1) is 17.0. The van der Waals surface area contributed by atoms with Crippen LogP contribution in [0.3, 0.4) is 0 Å². The molecule has 1 aromatic rings. The number of amides is 1. The van der Waals surface area contributed by atoms with Gasteiger partial charge in [-0.15, -0.1) is 0 Å². The van der Waals surface area contributed by atoms with E-state index in [0.717, 1.165) is 42.1 Å². The highest BCUT2D eigenvalue weighted by Crippen LogP contribution is 2.28. The summed E-state index contributed by atoms with van der Waals surface area (Å²) in [7, 11) is 0. The molecule has 1 aromatic carbocycles. The standard InChI is InChI=1S/C15H18ClIN2OS/c16-11-9-10(5-6-12(11)17)13(20)19-15(14(18)21)7-3-1-2-4-8-15/h5-6,9H,1-4,7-8H2,(H2,18,21)(H,19,20). The summed E-state index contributed by atoms with van der Waals surface area (Å²) < 4.78 is 0.921. The molecule has 1 aliphatic rings. The summed E-state index contributed by atoms with van der Waals surface area (Å²) in [4.78, 5) is 12.9. The van der Waals surface area contributed by atoms with E-state index < -0.39 is 5.54 Å². The summed E-state index contributed by atoms with van der Waals surface area (Å²) in [5.41, 5.74) is 5.93. The zero-order valence-corrected chi connectivity index (χ0v) is 15.4. The van der Waals surface area contributed by atoms with Gasteiger partial charge in [-0.25, -0.2) is 0 Å². The zero-order valence-electron chi connectivity index (χ0n) is 11.6. The van der Waals surface area contributed by atoms with Crippen LogP contribution in [0.25, 0.3) is 0 Å². The molecule has 0 spiro atoms. The van der Waals surface area contributed by atoms with Gasteiger partial charge in [-0.1, -0.05) is 49.5 Å². The van der Waals surface area contributed by atoms with E-state index in [4.69, 9.17) is 29.6 Å². The van der Waals surface area contributed by atoms with Gasteiger partial charge in [0.2, 0.25) is 0 Å². The molecule has 1 aliphatic carbocycles. The molecular formula is C15H18ClIN2OS. The summed E-state index contributed by atoms with van der Waals surface area (Å²) in [6.07, 6.45) is 6.01. The van der Waals surface area contributed by atoms with Gasteiger partial charge in [0.15, 0.2) is 0 Å². The van der Waals surface area contributed by atoms with Crippen molar-refractivity contribution in [1.82, 2.24) is 5.32 Å². The van der Waals surface area contributed by atoms with Crippen molar-refractivity contribution in [2.24, 2.45) is 5.73 Å². The van der Waals surface area contributed by atoms with Crippen molar-refractivity contribution < 1.29 is 4.79 Å². The van der Waals surface area contributed by atoms with Crippen LogP contribution in [0.15, 0.2) is 18.2 Å². The molecule has 1 saturated carbocycles. The van der Waals surface area contributed by atoms with Crippen LogP contribution in [0.4, 0.5) is 0 Å². The fraction of sp³-hybridized carbons (Fsp3) is 0.467. The lowest BCUT2D eigenvalue weighted by Crippen LogP contribution is -2.56. The predicted molar refractivity (Wildman–Crippen MR) is 98.9 cm³/mol. The molecular weight excluding hydrogens is 419 g/mol. The first-order valence-corrected chi connectivity index (χ1v) is 8.88. The summed E-state index contributed by atoms with van der Waals surface area (Å²) in [6.45, 7) is 0. The molecule has 0 unspecified atom stereocenters. The van der Waals surface area contributed by atoms with Gasteiger partial charge >= 0.3 is 0 Å². The van der Waals surface area contributed by atoms with E-state index in [1.165, 1.54) is 0 Å². The molecule has 0 bridgehead atoms. The zero-order chi connectivity index (χ0) is 15.5. The number of carbonyl (C=O) groups is 1. The Morgan fingerprint density at radius 2 is 1.90 bits per heavy atom. The average molecular weight is 437 g/mol. The van der Waals surface area contributed by atoms with Crippen LogP contribution in [0.2, 0.25) is 5.02 Å². The van der Waals surface area contributed by atoms with Gasteiger partial charge in [-0.3, -0.25) is 4.79 Å². The van der Waals surface area contributed by atoms with Gasteiger partial charge < -0.3 is 11.1 Å². The van der Waals surface area contributed by atoms with Gasteiger partial charge in [-0.2, -0.15) is 0 Å². The molecule has 0 atom stereocenters. The lowest BCUT2D eigenvalue weighted by Gasteiger charge is -2.33. The molecule has 2 rings (SSSR count). The molecule has 0 aromatic heterocycles. The minimum absolute atomic E-state index is 0.164. The molecule has 3 nitrogen and oxygen atoms in total. The Morgan fingerprint density at radius 3 is 2.43 bits per heavy atom. The third kappa shape index (κ3) is 4.07. The van der Waals surface area contributed by atoms with Crippen molar-refractivity contribution in [2.45, 2.75) is 44.1 Å².